The van der Waals surface area contributed by atoms with Gasteiger partial charge in [0.25, 0.3) is 5.91 Å². The molecular weight excluding hydrogens is 434 g/mol. The zero-order valence-corrected chi connectivity index (χ0v) is 18.4. The quantitative estimate of drug-likeness (QED) is 0.446. The van der Waals surface area contributed by atoms with Crippen molar-refractivity contribution in [3.63, 3.8) is 0 Å². The van der Waals surface area contributed by atoms with Gasteiger partial charge in [-0.25, -0.2) is 9.59 Å². The fraction of sp³-hybridized carbons (Fsp3) is 0.292. The number of hydrogen-bond acceptors (Lipinski definition) is 5. The van der Waals surface area contributed by atoms with Crippen molar-refractivity contribution in [2.24, 2.45) is 0 Å². The SMILES string of the molecule is CCCCc1cc(=O)oc2cc(OCC(=O)N[C@@H](Cc3ccc(Cl)cc3)C(=O)O)ccc12. The van der Waals surface area contributed by atoms with Gasteiger partial charge in [-0.2, -0.15) is 0 Å². The molecule has 0 aliphatic heterocycles. The van der Waals surface area contributed by atoms with Gasteiger partial charge in [-0.05, 0) is 48.2 Å². The first-order chi connectivity index (χ1) is 15.4. The van der Waals surface area contributed by atoms with Crippen molar-refractivity contribution in [2.75, 3.05) is 6.61 Å². The number of halogens is 1. The van der Waals surface area contributed by atoms with Gasteiger partial charge < -0.3 is 19.6 Å². The van der Waals surface area contributed by atoms with Crippen LogP contribution in [0.5, 0.6) is 5.75 Å². The third kappa shape index (κ3) is 6.34. The van der Waals surface area contributed by atoms with Crippen LogP contribution in [0.25, 0.3) is 11.0 Å². The summed E-state index contributed by atoms with van der Waals surface area (Å²) in [4.78, 5) is 35.7. The standard InChI is InChI=1S/C24H24ClNO6/c1-2-3-4-16-12-23(28)32-21-13-18(9-10-19(16)21)31-14-22(27)26-20(24(29)30)11-15-5-7-17(25)8-6-15/h5-10,12-13,20H,2-4,11,14H2,1H3,(H,26,27)(H,29,30)/t20-/m0/s1. The summed E-state index contributed by atoms with van der Waals surface area (Å²) in [5.41, 5.74) is 1.58. The normalized spacial score (nSPS) is 11.8. The van der Waals surface area contributed by atoms with E-state index in [1.165, 1.54) is 6.07 Å². The van der Waals surface area contributed by atoms with E-state index < -0.39 is 23.5 Å². The Morgan fingerprint density at radius 3 is 2.59 bits per heavy atom. The Morgan fingerprint density at radius 1 is 1.16 bits per heavy atom. The Hall–Kier alpha value is -3.32. The Morgan fingerprint density at radius 2 is 1.91 bits per heavy atom. The Balaban J connectivity index is 1.64. The molecule has 168 valence electrons. The number of aliphatic carboxylic acids is 1. The van der Waals surface area contributed by atoms with Crippen molar-refractivity contribution in [1.82, 2.24) is 5.32 Å². The average Bonchev–Trinajstić information content (AvgIpc) is 2.76. The second-order valence-electron chi connectivity index (χ2n) is 7.43. The van der Waals surface area contributed by atoms with E-state index in [1.54, 1.807) is 42.5 Å². The number of ether oxygens (including phenoxy) is 1. The molecule has 0 aliphatic carbocycles. The number of nitrogens with one attached hydrogen (secondary N) is 1. The van der Waals surface area contributed by atoms with Gasteiger partial charge in [0.2, 0.25) is 0 Å². The van der Waals surface area contributed by atoms with Gasteiger partial charge in [0.1, 0.15) is 17.4 Å². The maximum atomic E-state index is 12.3. The van der Waals surface area contributed by atoms with E-state index in [4.69, 9.17) is 20.8 Å². The van der Waals surface area contributed by atoms with Gasteiger partial charge in [-0.15, -0.1) is 0 Å². The van der Waals surface area contributed by atoms with Crippen LogP contribution < -0.4 is 15.7 Å². The predicted molar refractivity (Wildman–Crippen MR) is 121 cm³/mol. The molecule has 2 aromatic carbocycles. The molecule has 3 rings (SSSR count). The van der Waals surface area contributed by atoms with Crippen LogP contribution in [0.2, 0.25) is 5.02 Å². The first kappa shape index (κ1) is 23.3. The van der Waals surface area contributed by atoms with Crippen LogP contribution in [-0.4, -0.2) is 29.6 Å². The minimum Gasteiger partial charge on any atom is -0.484 e. The Bertz CT molecular complexity index is 1160. The lowest BCUT2D eigenvalue weighted by Gasteiger charge is -2.15. The van der Waals surface area contributed by atoms with E-state index >= 15 is 0 Å². The molecule has 2 N–H and O–H groups in total. The molecule has 0 unspecified atom stereocenters. The van der Waals surface area contributed by atoms with Crippen molar-refractivity contribution >= 4 is 34.4 Å². The minimum atomic E-state index is -1.15. The monoisotopic (exact) mass is 457 g/mol. The van der Waals surface area contributed by atoms with Crippen molar-refractivity contribution in [3.8, 4) is 5.75 Å². The molecule has 3 aromatic rings. The highest BCUT2D eigenvalue weighted by molar-refractivity contribution is 6.30. The lowest BCUT2D eigenvalue weighted by molar-refractivity contribution is -0.142. The number of hydrogen-bond donors (Lipinski definition) is 2. The molecule has 0 saturated heterocycles. The summed E-state index contributed by atoms with van der Waals surface area (Å²) >= 11 is 5.84. The van der Waals surface area contributed by atoms with Crippen molar-refractivity contribution in [3.05, 3.63) is 75.1 Å². The summed E-state index contributed by atoms with van der Waals surface area (Å²) in [7, 11) is 0. The predicted octanol–water partition coefficient (Wildman–Crippen LogP) is 3.98. The van der Waals surface area contributed by atoms with E-state index in [0.717, 1.165) is 35.8 Å². The number of unbranched alkanes of at least 4 members (excludes halogenated alkanes) is 1. The number of amides is 1. The smallest absolute Gasteiger partial charge is 0.336 e. The maximum absolute atomic E-state index is 12.3. The van der Waals surface area contributed by atoms with Crippen LogP contribution >= 0.6 is 11.6 Å². The second kappa shape index (κ2) is 10.8. The van der Waals surface area contributed by atoms with Gasteiger partial charge in [0.15, 0.2) is 6.61 Å². The molecule has 0 radical (unpaired) electrons. The fourth-order valence-electron chi connectivity index (χ4n) is 3.32. The molecule has 0 spiro atoms. The number of carboxylic acid groups (broad SMARTS) is 1. The largest absolute Gasteiger partial charge is 0.484 e. The molecule has 32 heavy (non-hydrogen) atoms. The summed E-state index contributed by atoms with van der Waals surface area (Å²) in [6.07, 6.45) is 2.84. The first-order valence-electron chi connectivity index (χ1n) is 10.3. The molecule has 0 saturated carbocycles. The van der Waals surface area contributed by atoms with Crippen molar-refractivity contribution in [1.29, 1.82) is 0 Å². The fourth-order valence-corrected chi connectivity index (χ4v) is 3.44. The summed E-state index contributed by atoms with van der Waals surface area (Å²) < 4.78 is 10.8. The molecule has 7 nitrogen and oxygen atoms in total. The summed E-state index contributed by atoms with van der Waals surface area (Å²) in [5, 5.41) is 13.3. The molecule has 0 aliphatic rings. The maximum Gasteiger partial charge on any atom is 0.336 e. The zero-order valence-electron chi connectivity index (χ0n) is 17.6. The summed E-state index contributed by atoms with van der Waals surface area (Å²) in [6, 6.07) is 12.2. The molecule has 1 aromatic heterocycles. The number of carbonyl (C=O) groups is 2. The summed E-state index contributed by atoms with van der Waals surface area (Å²) in [5.74, 6) is -1.39. The highest BCUT2D eigenvalue weighted by Gasteiger charge is 2.21. The number of carboxylic acids is 1. The lowest BCUT2D eigenvalue weighted by Crippen LogP contribution is -2.44. The van der Waals surface area contributed by atoms with Crippen LogP contribution in [0.1, 0.15) is 30.9 Å². The highest BCUT2D eigenvalue weighted by Crippen LogP contribution is 2.24. The number of fused-ring (bicyclic) bond motifs is 1. The van der Waals surface area contributed by atoms with Gasteiger partial charge in [-0.1, -0.05) is 37.1 Å². The van der Waals surface area contributed by atoms with E-state index in [2.05, 4.69) is 12.2 Å². The topological polar surface area (TPSA) is 106 Å². The molecule has 8 heteroatoms. The first-order valence-corrected chi connectivity index (χ1v) is 10.7. The van der Waals surface area contributed by atoms with Gasteiger partial charge >= 0.3 is 11.6 Å². The molecule has 1 heterocycles. The third-order valence-electron chi connectivity index (χ3n) is 4.96. The molecular formula is C24H24ClNO6. The van der Waals surface area contributed by atoms with Crippen LogP contribution in [0, 0.1) is 0 Å². The van der Waals surface area contributed by atoms with Crippen LogP contribution in [-0.2, 0) is 22.4 Å². The summed E-state index contributed by atoms with van der Waals surface area (Å²) in [6.45, 7) is 1.70. The van der Waals surface area contributed by atoms with Gasteiger partial charge in [0, 0.05) is 29.0 Å². The molecule has 1 amide bonds. The number of benzene rings is 2. The lowest BCUT2D eigenvalue weighted by atomic mass is 10.0. The van der Waals surface area contributed by atoms with Crippen LogP contribution in [0.4, 0.5) is 0 Å². The number of carbonyl (C=O) groups excluding carboxylic acids is 1. The van der Waals surface area contributed by atoms with E-state index in [9.17, 15) is 19.5 Å². The molecule has 0 fully saturated rings. The Kier molecular flexibility index (Phi) is 7.89. The van der Waals surface area contributed by atoms with Crippen molar-refractivity contribution in [2.45, 2.75) is 38.6 Å². The molecule has 1 atom stereocenters. The third-order valence-corrected chi connectivity index (χ3v) is 5.21. The van der Waals surface area contributed by atoms with Crippen LogP contribution in [0.15, 0.2) is 57.7 Å². The number of aryl methyl sites for hydroxylation is 1. The Labute approximate surface area is 190 Å². The average molecular weight is 458 g/mol. The number of rotatable bonds is 10. The minimum absolute atomic E-state index is 0.111. The zero-order chi connectivity index (χ0) is 23.1. The van der Waals surface area contributed by atoms with E-state index in [1.807, 2.05) is 0 Å². The van der Waals surface area contributed by atoms with Gasteiger partial charge in [-0.3, -0.25) is 4.79 Å². The van der Waals surface area contributed by atoms with E-state index in [0.29, 0.717) is 16.4 Å². The van der Waals surface area contributed by atoms with Gasteiger partial charge in [0.05, 0.1) is 0 Å². The molecule has 0 bridgehead atoms. The van der Waals surface area contributed by atoms with Crippen molar-refractivity contribution < 1.29 is 23.8 Å². The second-order valence-corrected chi connectivity index (χ2v) is 7.87. The highest BCUT2D eigenvalue weighted by atomic mass is 35.5. The van der Waals surface area contributed by atoms with Crippen LogP contribution in [0.3, 0.4) is 0 Å². The van der Waals surface area contributed by atoms with E-state index in [-0.39, 0.29) is 13.0 Å².